The Balaban J connectivity index is 1.49. The van der Waals surface area contributed by atoms with Gasteiger partial charge < -0.3 is 0 Å². The molecule has 1 fully saturated rings. The van der Waals surface area contributed by atoms with Gasteiger partial charge in [0.1, 0.15) is 0 Å². The number of hydrogen-bond donors (Lipinski definition) is 0. The minimum atomic E-state index is 0.601. The normalized spacial score (nSPS) is 21.3. The van der Waals surface area contributed by atoms with Crippen LogP contribution in [0.2, 0.25) is 0 Å². The lowest BCUT2D eigenvalue weighted by atomic mass is 9.68. The van der Waals surface area contributed by atoms with Gasteiger partial charge in [-0.15, -0.1) is 0 Å². The fourth-order valence-corrected chi connectivity index (χ4v) is 5.44. The van der Waals surface area contributed by atoms with Gasteiger partial charge in [-0.1, -0.05) is 114 Å². The van der Waals surface area contributed by atoms with E-state index in [-0.39, 0.29) is 0 Å². The quantitative estimate of drug-likeness (QED) is 0.301. The number of unbranched alkanes of at least 4 members (excludes halogenated alkanes) is 6. The van der Waals surface area contributed by atoms with Gasteiger partial charge in [0.05, 0.1) is 0 Å². The highest BCUT2D eigenvalue weighted by Gasteiger charge is 2.31. The Labute approximate surface area is 192 Å². The molecular weight excluding hydrogens is 372 g/mol. The van der Waals surface area contributed by atoms with Crippen LogP contribution in [-0.4, -0.2) is 0 Å². The van der Waals surface area contributed by atoms with E-state index in [1.807, 2.05) is 0 Å². The maximum absolute atomic E-state index is 2.54. The van der Waals surface area contributed by atoms with Crippen LogP contribution in [0.3, 0.4) is 0 Å². The molecule has 0 unspecified atom stereocenters. The van der Waals surface area contributed by atoms with E-state index in [4.69, 9.17) is 0 Å². The molecule has 31 heavy (non-hydrogen) atoms. The van der Waals surface area contributed by atoms with E-state index in [1.165, 1.54) is 107 Å². The molecule has 0 aromatic heterocycles. The standard InChI is InChI=1S/C31H46/c1-4-6-8-9-10-12-26-13-15-27(16-14-26)28-17-19-29(20-18-28)30-21-24-31(3,25-22-30)23-11-7-5-2/h13-20,30H,4-12,21-25H2,1-3H3. The first-order valence-corrected chi connectivity index (χ1v) is 13.3. The molecular formula is C31H46. The smallest absolute Gasteiger partial charge is 0.0162 e. The van der Waals surface area contributed by atoms with Crippen LogP contribution in [-0.2, 0) is 6.42 Å². The third kappa shape index (κ3) is 7.51. The molecule has 1 aliphatic rings. The molecule has 0 aliphatic heterocycles. The monoisotopic (exact) mass is 418 g/mol. The fourth-order valence-electron chi connectivity index (χ4n) is 5.44. The van der Waals surface area contributed by atoms with Crippen LogP contribution < -0.4 is 0 Å². The Hall–Kier alpha value is -1.56. The van der Waals surface area contributed by atoms with Crippen molar-refractivity contribution >= 4 is 0 Å². The zero-order valence-corrected chi connectivity index (χ0v) is 20.6. The molecule has 0 amide bonds. The molecule has 0 radical (unpaired) electrons. The second-order valence-corrected chi connectivity index (χ2v) is 10.5. The van der Waals surface area contributed by atoms with Crippen molar-refractivity contribution in [2.24, 2.45) is 5.41 Å². The minimum absolute atomic E-state index is 0.601. The lowest BCUT2D eigenvalue weighted by Gasteiger charge is -2.38. The summed E-state index contributed by atoms with van der Waals surface area (Å²) in [6.45, 7) is 7.13. The summed E-state index contributed by atoms with van der Waals surface area (Å²) in [6, 6.07) is 18.8. The Kier molecular flexibility index (Phi) is 9.69. The second kappa shape index (κ2) is 12.5. The van der Waals surface area contributed by atoms with Gasteiger partial charge >= 0.3 is 0 Å². The summed E-state index contributed by atoms with van der Waals surface area (Å²) in [4.78, 5) is 0. The zero-order chi connectivity index (χ0) is 21.9. The summed E-state index contributed by atoms with van der Waals surface area (Å²) in [6.07, 6.45) is 19.2. The van der Waals surface area contributed by atoms with Gasteiger partial charge in [-0.05, 0) is 78.5 Å². The average molecular weight is 419 g/mol. The minimum Gasteiger partial charge on any atom is -0.0654 e. The highest BCUT2D eigenvalue weighted by Crippen LogP contribution is 2.45. The van der Waals surface area contributed by atoms with Crippen molar-refractivity contribution in [3.8, 4) is 11.1 Å². The third-order valence-electron chi connectivity index (χ3n) is 7.81. The van der Waals surface area contributed by atoms with Gasteiger partial charge in [0.15, 0.2) is 0 Å². The molecule has 1 aliphatic carbocycles. The van der Waals surface area contributed by atoms with Crippen molar-refractivity contribution in [2.75, 3.05) is 0 Å². The lowest BCUT2D eigenvalue weighted by molar-refractivity contribution is 0.178. The van der Waals surface area contributed by atoms with E-state index in [1.54, 1.807) is 5.56 Å². The van der Waals surface area contributed by atoms with Gasteiger partial charge in [-0.25, -0.2) is 0 Å². The van der Waals surface area contributed by atoms with E-state index in [0.717, 1.165) is 5.92 Å². The fraction of sp³-hybridized carbons (Fsp3) is 0.613. The summed E-state index contributed by atoms with van der Waals surface area (Å²) in [7, 11) is 0. The first kappa shape index (κ1) is 24.1. The third-order valence-corrected chi connectivity index (χ3v) is 7.81. The summed E-state index contributed by atoms with van der Waals surface area (Å²) in [5.74, 6) is 0.767. The Morgan fingerprint density at radius 3 is 1.84 bits per heavy atom. The highest BCUT2D eigenvalue weighted by molar-refractivity contribution is 5.64. The largest absolute Gasteiger partial charge is 0.0654 e. The van der Waals surface area contributed by atoms with Crippen LogP contribution in [0, 0.1) is 5.41 Å². The van der Waals surface area contributed by atoms with Gasteiger partial charge in [-0.2, -0.15) is 0 Å². The van der Waals surface area contributed by atoms with Crippen molar-refractivity contribution in [1.29, 1.82) is 0 Å². The number of rotatable bonds is 12. The molecule has 0 saturated heterocycles. The number of hydrogen-bond acceptors (Lipinski definition) is 0. The lowest BCUT2D eigenvalue weighted by Crippen LogP contribution is -2.23. The van der Waals surface area contributed by atoms with Crippen LogP contribution in [0.25, 0.3) is 11.1 Å². The molecule has 2 aromatic rings. The van der Waals surface area contributed by atoms with Crippen molar-refractivity contribution in [1.82, 2.24) is 0 Å². The topological polar surface area (TPSA) is 0 Å². The van der Waals surface area contributed by atoms with Gasteiger partial charge in [0.2, 0.25) is 0 Å². The van der Waals surface area contributed by atoms with Crippen molar-refractivity contribution in [3.63, 3.8) is 0 Å². The molecule has 170 valence electrons. The maximum atomic E-state index is 2.54. The summed E-state index contributed by atoms with van der Waals surface area (Å²) >= 11 is 0. The molecule has 2 aromatic carbocycles. The van der Waals surface area contributed by atoms with Gasteiger partial charge in [0, 0.05) is 0 Å². The molecule has 0 N–H and O–H groups in total. The predicted molar refractivity (Wildman–Crippen MR) is 138 cm³/mol. The van der Waals surface area contributed by atoms with Crippen molar-refractivity contribution in [2.45, 2.75) is 117 Å². The zero-order valence-electron chi connectivity index (χ0n) is 20.6. The summed E-state index contributed by atoms with van der Waals surface area (Å²) < 4.78 is 0. The summed E-state index contributed by atoms with van der Waals surface area (Å²) in [5.41, 5.74) is 6.36. The van der Waals surface area contributed by atoms with Crippen LogP contribution >= 0.6 is 0 Å². The van der Waals surface area contributed by atoms with Crippen LogP contribution in [0.4, 0.5) is 0 Å². The van der Waals surface area contributed by atoms with Crippen LogP contribution in [0.1, 0.15) is 121 Å². The van der Waals surface area contributed by atoms with E-state index >= 15 is 0 Å². The Bertz CT molecular complexity index is 729. The Morgan fingerprint density at radius 1 is 0.677 bits per heavy atom. The Morgan fingerprint density at radius 2 is 1.23 bits per heavy atom. The molecule has 0 bridgehead atoms. The predicted octanol–water partition coefficient (Wildman–Crippen LogP) is 10.1. The number of aryl methyl sites for hydroxylation is 1. The molecule has 0 nitrogen and oxygen atoms in total. The summed E-state index contributed by atoms with van der Waals surface area (Å²) in [5, 5.41) is 0. The SMILES string of the molecule is CCCCCCCc1ccc(-c2ccc(C3CCC(C)(CCCCC)CC3)cc2)cc1. The average Bonchev–Trinajstić information content (AvgIpc) is 2.80. The highest BCUT2D eigenvalue weighted by atomic mass is 14.4. The number of benzene rings is 2. The van der Waals surface area contributed by atoms with Gasteiger partial charge in [-0.3, -0.25) is 0 Å². The van der Waals surface area contributed by atoms with E-state index in [2.05, 4.69) is 69.3 Å². The van der Waals surface area contributed by atoms with Crippen LogP contribution in [0.15, 0.2) is 48.5 Å². The van der Waals surface area contributed by atoms with E-state index < -0.39 is 0 Å². The van der Waals surface area contributed by atoms with Gasteiger partial charge in [0.25, 0.3) is 0 Å². The maximum Gasteiger partial charge on any atom is -0.0162 e. The molecule has 0 atom stereocenters. The second-order valence-electron chi connectivity index (χ2n) is 10.5. The molecule has 0 heteroatoms. The first-order valence-electron chi connectivity index (χ1n) is 13.3. The van der Waals surface area contributed by atoms with E-state index in [0.29, 0.717) is 5.41 Å². The first-order chi connectivity index (χ1) is 15.1. The molecule has 0 heterocycles. The van der Waals surface area contributed by atoms with Crippen molar-refractivity contribution < 1.29 is 0 Å². The molecule has 3 rings (SSSR count). The molecule has 0 spiro atoms. The van der Waals surface area contributed by atoms with Crippen molar-refractivity contribution in [3.05, 3.63) is 59.7 Å². The van der Waals surface area contributed by atoms with Crippen LogP contribution in [0.5, 0.6) is 0 Å². The van der Waals surface area contributed by atoms with E-state index in [9.17, 15) is 0 Å². The molecule has 1 saturated carbocycles.